The summed E-state index contributed by atoms with van der Waals surface area (Å²) in [6, 6.07) is 32.7. The van der Waals surface area contributed by atoms with E-state index in [1.807, 2.05) is 92.7 Å². The normalized spacial score (nSPS) is 11.7. The summed E-state index contributed by atoms with van der Waals surface area (Å²) in [5.41, 5.74) is 5.82. The molecule has 2 amide bonds. The van der Waals surface area contributed by atoms with Crippen molar-refractivity contribution in [3.8, 4) is 11.5 Å². The van der Waals surface area contributed by atoms with Gasteiger partial charge in [0.1, 0.15) is 18.1 Å². The predicted octanol–water partition coefficient (Wildman–Crippen LogP) is 8.41. The molecule has 0 bridgehead atoms. The van der Waals surface area contributed by atoms with Gasteiger partial charge in [-0.05, 0) is 85.3 Å². The van der Waals surface area contributed by atoms with E-state index in [-0.39, 0.29) is 30.5 Å². The molecule has 0 aliphatic heterocycles. The molecule has 0 saturated carbocycles. The maximum Gasteiger partial charge on any atom is 0.344 e. The number of halogens is 1. The van der Waals surface area contributed by atoms with E-state index in [9.17, 15) is 14.4 Å². The van der Waals surface area contributed by atoms with Crippen LogP contribution in [0.1, 0.15) is 86.3 Å². The number of rotatable bonds is 16. The summed E-state index contributed by atoms with van der Waals surface area (Å²) in [7, 11) is 0. The van der Waals surface area contributed by atoms with Gasteiger partial charge in [-0.1, -0.05) is 96.5 Å². The Morgan fingerprint density at radius 3 is 1.62 bits per heavy atom. The number of nitrogens with one attached hydrogen (secondary N) is 2. The standard InChI is InChI=1S/C22H21BrN2O2.C22H28N2O4/c1-16(25-22(26)13-17-7-9-19(23)10-8-17)21-12-11-20(14-24-21)27-15-18-5-3-2-4-6-18;1-5-27-22(26)14-28-19-10-11-20(23-13-19)16(4)24-21(25)12-17-6-8-18(9-7-17)15(2)3/h2-12,14,16H,13,15H2,1H3,(H,25,26);6-11,13,15-16H,5,12,14H2,1-4H3,(H,24,25)/t2*16-/m11/s1. The molecule has 0 unspecified atom stereocenters. The van der Waals surface area contributed by atoms with Gasteiger partial charge in [-0.2, -0.15) is 0 Å². The number of esters is 1. The number of hydrogen-bond acceptors (Lipinski definition) is 8. The number of amides is 2. The van der Waals surface area contributed by atoms with Crippen molar-refractivity contribution < 1.29 is 28.6 Å². The molecule has 2 aromatic heterocycles. The van der Waals surface area contributed by atoms with Crippen LogP contribution in [0.25, 0.3) is 0 Å². The molecule has 10 nitrogen and oxygen atoms in total. The third kappa shape index (κ3) is 15.0. The first-order valence-corrected chi connectivity index (χ1v) is 19.1. The SMILES string of the molecule is CCOC(=O)COc1ccc([C@@H](C)NC(=O)Cc2ccc(C(C)C)cc2)nc1.C[C@@H](NC(=O)Cc1ccc(Br)cc1)c1ccc(OCc2ccccc2)cn1. The number of nitrogens with zero attached hydrogens (tertiary/aromatic N) is 2. The highest BCUT2D eigenvalue weighted by molar-refractivity contribution is 9.10. The Kier molecular flexibility index (Phi) is 16.9. The summed E-state index contributed by atoms with van der Waals surface area (Å²) in [5, 5.41) is 5.93. The first-order chi connectivity index (χ1) is 26.5. The Morgan fingerprint density at radius 2 is 1.15 bits per heavy atom. The molecule has 0 radical (unpaired) electrons. The van der Waals surface area contributed by atoms with Crippen molar-refractivity contribution in [2.75, 3.05) is 13.2 Å². The minimum Gasteiger partial charge on any atom is -0.487 e. The smallest absolute Gasteiger partial charge is 0.344 e. The van der Waals surface area contributed by atoms with Gasteiger partial charge in [0, 0.05) is 4.47 Å². The van der Waals surface area contributed by atoms with Crippen molar-refractivity contribution in [2.45, 2.75) is 72.1 Å². The van der Waals surface area contributed by atoms with Crippen LogP contribution in [0.5, 0.6) is 11.5 Å². The van der Waals surface area contributed by atoms with Crippen molar-refractivity contribution in [1.82, 2.24) is 20.6 Å². The van der Waals surface area contributed by atoms with E-state index in [0.29, 0.717) is 49.2 Å². The molecule has 5 aromatic rings. The molecule has 0 aliphatic rings. The fourth-order valence-corrected chi connectivity index (χ4v) is 5.54. The molecule has 55 heavy (non-hydrogen) atoms. The molecule has 11 heteroatoms. The molecule has 0 spiro atoms. The van der Waals surface area contributed by atoms with Crippen LogP contribution in [0.3, 0.4) is 0 Å². The molecule has 288 valence electrons. The zero-order valence-electron chi connectivity index (χ0n) is 32.0. The monoisotopic (exact) mass is 808 g/mol. The van der Waals surface area contributed by atoms with E-state index in [1.165, 1.54) is 11.8 Å². The van der Waals surface area contributed by atoms with Crippen LogP contribution in [0, 0.1) is 0 Å². The Bertz CT molecular complexity index is 1920. The van der Waals surface area contributed by atoms with E-state index in [2.05, 4.69) is 62.5 Å². The van der Waals surface area contributed by atoms with Crippen LogP contribution in [0.2, 0.25) is 0 Å². The van der Waals surface area contributed by atoms with Crippen LogP contribution in [0.15, 0.2) is 120 Å². The highest BCUT2D eigenvalue weighted by Gasteiger charge is 2.14. The third-order valence-corrected chi connectivity index (χ3v) is 8.89. The van der Waals surface area contributed by atoms with Crippen molar-refractivity contribution >= 4 is 33.7 Å². The van der Waals surface area contributed by atoms with E-state index < -0.39 is 5.97 Å². The molecule has 3 aromatic carbocycles. The summed E-state index contributed by atoms with van der Waals surface area (Å²) >= 11 is 3.39. The van der Waals surface area contributed by atoms with Crippen LogP contribution < -0.4 is 20.1 Å². The lowest BCUT2D eigenvalue weighted by atomic mass is 10.0. The number of ether oxygens (including phenoxy) is 3. The molecule has 2 atom stereocenters. The molecule has 2 heterocycles. The van der Waals surface area contributed by atoms with Gasteiger partial charge in [0.25, 0.3) is 0 Å². The molecular weight excluding hydrogens is 760 g/mol. The first-order valence-electron chi connectivity index (χ1n) is 18.3. The van der Waals surface area contributed by atoms with Gasteiger partial charge in [0.15, 0.2) is 6.61 Å². The van der Waals surface area contributed by atoms with Gasteiger partial charge in [0.2, 0.25) is 11.8 Å². The average molecular weight is 810 g/mol. The molecule has 2 N–H and O–H groups in total. The van der Waals surface area contributed by atoms with Crippen LogP contribution in [-0.4, -0.2) is 41.0 Å². The minimum atomic E-state index is -0.423. The first kappa shape index (κ1) is 42.2. The van der Waals surface area contributed by atoms with Gasteiger partial charge in [-0.25, -0.2) is 4.79 Å². The van der Waals surface area contributed by atoms with Crippen molar-refractivity contribution in [1.29, 1.82) is 0 Å². The molecule has 5 rings (SSSR count). The second kappa shape index (κ2) is 22.0. The van der Waals surface area contributed by atoms with Gasteiger partial charge in [-0.3, -0.25) is 19.6 Å². The van der Waals surface area contributed by atoms with Crippen molar-refractivity contribution in [3.05, 3.63) is 154 Å². The highest BCUT2D eigenvalue weighted by atomic mass is 79.9. The Morgan fingerprint density at radius 1 is 0.636 bits per heavy atom. The summed E-state index contributed by atoms with van der Waals surface area (Å²) in [6.07, 6.45) is 3.89. The summed E-state index contributed by atoms with van der Waals surface area (Å²) < 4.78 is 16.9. The lowest BCUT2D eigenvalue weighted by molar-refractivity contribution is -0.145. The van der Waals surface area contributed by atoms with Gasteiger partial charge in [-0.15, -0.1) is 0 Å². The topological polar surface area (TPSA) is 129 Å². The number of benzene rings is 3. The number of pyridine rings is 2. The largest absolute Gasteiger partial charge is 0.487 e. The van der Waals surface area contributed by atoms with Gasteiger partial charge >= 0.3 is 5.97 Å². The molecular formula is C44H49BrN4O6. The fraction of sp³-hybridized carbons (Fsp3) is 0.295. The highest BCUT2D eigenvalue weighted by Crippen LogP contribution is 2.19. The summed E-state index contributed by atoms with van der Waals surface area (Å²) in [5.74, 6) is 1.13. The zero-order chi connectivity index (χ0) is 39.6. The maximum absolute atomic E-state index is 12.3. The number of carbonyl (C=O) groups excluding carboxylic acids is 3. The number of carbonyl (C=O) groups is 3. The third-order valence-electron chi connectivity index (χ3n) is 8.36. The Balaban J connectivity index is 0.000000245. The second-order valence-corrected chi connectivity index (χ2v) is 14.1. The lowest BCUT2D eigenvalue weighted by Crippen LogP contribution is -2.28. The second-order valence-electron chi connectivity index (χ2n) is 13.2. The van der Waals surface area contributed by atoms with Gasteiger partial charge < -0.3 is 24.8 Å². The lowest BCUT2D eigenvalue weighted by Gasteiger charge is -2.14. The van der Waals surface area contributed by atoms with Gasteiger partial charge in [0.05, 0.1) is 55.3 Å². The van der Waals surface area contributed by atoms with Crippen LogP contribution in [-0.2, 0) is 38.6 Å². The number of aromatic nitrogens is 2. The molecule has 0 saturated heterocycles. The minimum absolute atomic E-state index is 0.0315. The number of hydrogen-bond donors (Lipinski definition) is 2. The predicted molar refractivity (Wildman–Crippen MR) is 217 cm³/mol. The Hall–Kier alpha value is -5.55. The van der Waals surface area contributed by atoms with E-state index in [4.69, 9.17) is 14.2 Å². The zero-order valence-corrected chi connectivity index (χ0v) is 33.5. The molecule has 0 fully saturated rings. The fourth-order valence-electron chi connectivity index (χ4n) is 5.28. The van der Waals surface area contributed by atoms with E-state index in [0.717, 1.165) is 26.9 Å². The maximum atomic E-state index is 12.3. The van der Waals surface area contributed by atoms with E-state index in [1.54, 1.807) is 25.3 Å². The quantitative estimate of drug-likeness (QED) is 0.0952. The van der Waals surface area contributed by atoms with Crippen molar-refractivity contribution in [3.63, 3.8) is 0 Å². The van der Waals surface area contributed by atoms with E-state index >= 15 is 0 Å². The van der Waals surface area contributed by atoms with Crippen molar-refractivity contribution in [2.24, 2.45) is 0 Å². The Labute approximate surface area is 332 Å². The van der Waals surface area contributed by atoms with Crippen LogP contribution in [0.4, 0.5) is 0 Å². The van der Waals surface area contributed by atoms with Crippen LogP contribution >= 0.6 is 15.9 Å². The summed E-state index contributed by atoms with van der Waals surface area (Å²) in [4.78, 5) is 44.6. The molecule has 0 aliphatic carbocycles. The summed E-state index contributed by atoms with van der Waals surface area (Å²) in [6.45, 7) is 10.5. The average Bonchev–Trinajstić information content (AvgIpc) is 3.18.